The van der Waals surface area contributed by atoms with Crippen molar-refractivity contribution in [1.82, 2.24) is 0 Å². The molecular formula is C8H9F3S. The molecule has 0 unspecified atom stereocenters. The number of rotatable bonds is 1. The van der Waals surface area contributed by atoms with E-state index in [1.54, 1.807) is 11.8 Å². The van der Waals surface area contributed by atoms with Crippen LogP contribution in [0.1, 0.15) is 0 Å². The summed E-state index contributed by atoms with van der Waals surface area (Å²) in [6.45, 7) is -3.67. The van der Waals surface area contributed by atoms with E-state index in [0.717, 1.165) is 0 Å². The lowest BCUT2D eigenvalue weighted by atomic mass is 10.4. The highest BCUT2D eigenvalue weighted by atomic mass is 32.2. The summed E-state index contributed by atoms with van der Waals surface area (Å²) in [5.41, 5.74) is 0. The molecule has 0 N–H and O–H groups in total. The van der Waals surface area contributed by atoms with Crippen molar-refractivity contribution in [2.75, 3.05) is 6.26 Å². The zero-order chi connectivity index (χ0) is 9.40. The Morgan fingerprint density at radius 1 is 1.08 bits per heavy atom. The van der Waals surface area contributed by atoms with Gasteiger partial charge in [0.25, 0.3) is 0 Å². The molecule has 0 radical (unpaired) electrons. The number of benzene rings is 1. The van der Waals surface area contributed by atoms with E-state index in [-0.39, 0.29) is 0 Å². The molecule has 0 saturated heterocycles. The van der Waals surface area contributed by atoms with Crippen molar-refractivity contribution in [3.8, 4) is 0 Å². The highest BCUT2D eigenvalue weighted by molar-refractivity contribution is 7.98. The third kappa shape index (κ3) is 7.47. The Morgan fingerprint density at radius 3 is 1.75 bits per heavy atom. The number of halogens is 3. The molecule has 12 heavy (non-hydrogen) atoms. The summed E-state index contributed by atoms with van der Waals surface area (Å²) in [5, 5.41) is 0. The Kier molecular flexibility index (Phi) is 6.66. The molecule has 0 aromatic heterocycles. The van der Waals surface area contributed by atoms with Gasteiger partial charge in [-0.1, -0.05) is 18.2 Å². The molecule has 1 rings (SSSR count). The second-order valence-corrected chi connectivity index (χ2v) is 2.64. The number of alkyl halides is 3. The monoisotopic (exact) mass is 194 g/mol. The maximum absolute atomic E-state index is 9.67. The van der Waals surface area contributed by atoms with Crippen LogP contribution in [-0.2, 0) is 0 Å². The van der Waals surface area contributed by atoms with Crippen molar-refractivity contribution in [3.63, 3.8) is 0 Å². The molecule has 0 atom stereocenters. The Balaban J connectivity index is 0.000000261. The maximum atomic E-state index is 9.67. The quantitative estimate of drug-likeness (QED) is 0.615. The minimum absolute atomic E-state index is 1.33. The van der Waals surface area contributed by atoms with Crippen LogP contribution in [0.5, 0.6) is 0 Å². The van der Waals surface area contributed by atoms with Crippen LogP contribution in [0.3, 0.4) is 0 Å². The fraction of sp³-hybridized carbons (Fsp3) is 0.250. The van der Waals surface area contributed by atoms with E-state index in [9.17, 15) is 13.2 Å². The van der Waals surface area contributed by atoms with Crippen LogP contribution >= 0.6 is 11.8 Å². The molecule has 0 saturated carbocycles. The average Bonchev–Trinajstić information content (AvgIpc) is 2.05. The molecule has 0 aliphatic rings. The fourth-order valence-electron chi connectivity index (χ4n) is 0.557. The lowest BCUT2D eigenvalue weighted by molar-refractivity contribution is 0.00819. The molecule has 0 heterocycles. The standard InChI is InChI=1S/C7H8S.CHF3/c1-8-7-5-3-2-4-6-7;2-1(3)4/h2-6H,1H3;1H. The van der Waals surface area contributed by atoms with Crippen LogP contribution < -0.4 is 0 Å². The second kappa shape index (κ2) is 7.03. The molecule has 4 heteroatoms. The van der Waals surface area contributed by atoms with Crippen molar-refractivity contribution in [2.24, 2.45) is 0 Å². The molecular weight excluding hydrogens is 185 g/mol. The average molecular weight is 194 g/mol. The molecule has 0 fully saturated rings. The molecule has 0 aliphatic heterocycles. The van der Waals surface area contributed by atoms with Crippen LogP contribution in [0, 0.1) is 0 Å². The van der Waals surface area contributed by atoms with Gasteiger partial charge >= 0.3 is 6.68 Å². The van der Waals surface area contributed by atoms with E-state index < -0.39 is 6.68 Å². The predicted octanol–water partition coefficient (Wildman–Crippen LogP) is 3.59. The Morgan fingerprint density at radius 2 is 1.50 bits per heavy atom. The molecule has 0 spiro atoms. The van der Waals surface area contributed by atoms with Crippen molar-refractivity contribution in [3.05, 3.63) is 30.3 Å². The molecule has 1 aromatic carbocycles. The summed E-state index contributed by atoms with van der Waals surface area (Å²) in [6.07, 6.45) is 2.08. The van der Waals surface area contributed by atoms with Gasteiger partial charge in [0, 0.05) is 4.90 Å². The van der Waals surface area contributed by atoms with Crippen molar-refractivity contribution < 1.29 is 13.2 Å². The lowest BCUT2D eigenvalue weighted by Gasteiger charge is -1.89. The van der Waals surface area contributed by atoms with Gasteiger partial charge in [-0.05, 0) is 18.4 Å². The van der Waals surface area contributed by atoms with E-state index in [0.29, 0.717) is 0 Å². The largest absolute Gasteiger partial charge is 0.379 e. The molecule has 68 valence electrons. The Hall–Kier alpha value is -0.640. The normalized spacial score (nSPS) is 9.08. The number of hydrogen-bond donors (Lipinski definition) is 0. The van der Waals surface area contributed by atoms with E-state index >= 15 is 0 Å². The Bertz CT molecular complexity index is 186. The topological polar surface area (TPSA) is 0 Å². The summed E-state index contributed by atoms with van der Waals surface area (Å²) in [4.78, 5) is 1.33. The van der Waals surface area contributed by atoms with E-state index in [2.05, 4.69) is 18.4 Å². The summed E-state index contributed by atoms with van der Waals surface area (Å²) in [7, 11) is 0. The van der Waals surface area contributed by atoms with Gasteiger partial charge in [-0.3, -0.25) is 0 Å². The minimum atomic E-state index is -3.67. The van der Waals surface area contributed by atoms with Crippen LogP contribution in [0.15, 0.2) is 35.2 Å². The van der Waals surface area contributed by atoms with E-state index in [1.807, 2.05) is 18.2 Å². The van der Waals surface area contributed by atoms with Gasteiger partial charge in [0.05, 0.1) is 0 Å². The summed E-state index contributed by atoms with van der Waals surface area (Å²) in [6, 6.07) is 10.3. The highest BCUT2D eigenvalue weighted by Crippen LogP contribution is 2.11. The molecule has 0 aliphatic carbocycles. The summed E-state index contributed by atoms with van der Waals surface area (Å²) >= 11 is 1.77. The molecule has 0 bridgehead atoms. The van der Waals surface area contributed by atoms with E-state index in [4.69, 9.17) is 0 Å². The van der Waals surface area contributed by atoms with Gasteiger partial charge in [-0.15, -0.1) is 11.8 Å². The molecule has 1 aromatic rings. The first-order valence-corrected chi connectivity index (χ1v) is 4.40. The molecule has 0 nitrogen and oxygen atoms in total. The number of thioether (sulfide) groups is 1. The van der Waals surface area contributed by atoms with Crippen LogP contribution in [-0.4, -0.2) is 12.9 Å². The van der Waals surface area contributed by atoms with Gasteiger partial charge in [0.15, 0.2) is 0 Å². The van der Waals surface area contributed by atoms with Gasteiger partial charge in [0.2, 0.25) is 0 Å². The smallest absolute Gasteiger partial charge is 0.174 e. The SMILES string of the molecule is CSc1ccccc1.FC(F)F. The van der Waals surface area contributed by atoms with Gasteiger partial charge in [0.1, 0.15) is 0 Å². The highest BCUT2D eigenvalue weighted by Gasteiger charge is 1.86. The van der Waals surface area contributed by atoms with Crippen molar-refractivity contribution in [2.45, 2.75) is 11.6 Å². The summed E-state index contributed by atoms with van der Waals surface area (Å²) in [5.74, 6) is 0. The Labute approximate surface area is 73.8 Å². The predicted molar refractivity (Wildman–Crippen MR) is 45.3 cm³/mol. The second-order valence-electron chi connectivity index (χ2n) is 1.76. The molecule has 0 amide bonds. The van der Waals surface area contributed by atoms with Crippen LogP contribution in [0.2, 0.25) is 0 Å². The van der Waals surface area contributed by atoms with Gasteiger partial charge < -0.3 is 0 Å². The first-order valence-electron chi connectivity index (χ1n) is 3.18. The summed E-state index contributed by atoms with van der Waals surface area (Å²) < 4.78 is 29.0. The lowest BCUT2D eigenvalue weighted by Crippen LogP contribution is -1.65. The van der Waals surface area contributed by atoms with Crippen LogP contribution in [0.25, 0.3) is 0 Å². The maximum Gasteiger partial charge on any atom is 0.379 e. The van der Waals surface area contributed by atoms with Gasteiger partial charge in [-0.2, -0.15) is 13.2 Å². The third-order valence-corrected chi connectivity index (χ3v) is 1.72. The van der Waals surface area contributed by atoms with Crippen LogP contribution in [0.4, 0.5) is 13.2 Å². The first kappa shape index (κ1) is 11.4. The zero-order valence-corrected chi connectivity index (χ0v) is 7.32. The first-order chi connectivity index (χ1) is 5.66. The number of hydrogen-bond acceptors (Lipinski definition) is 1. The zero-order valence-electron chi connectivity index (χ0n) is 6.51. The third-order valence-electron chi connectivity index (χ3n) is 0.979. The van der Waals surface area contributed by atoms with E-state index in [1.165, 1.54) is 4.90 Å². The fourth-order valence-corrected chi connectivity index (χ4v) is 0.986. The minimum Gasteiger partial charge on any atom is -0.174 e. The van der Waals surface area contributed by atoms with Crippen molar-refractivity contribution in [1.29, 1.82) is 0 Å². The van der Waals surface area contributed by atoms with Gasteiger partial charge in [-0.25, -0.2) is 0 Å². The van der Waals surface area contributed by atoms with Crippen molar-refractivity contribution >= 4 is 11.8 Å².